The maximum absolute atomic E-state index is 4.38. The Hall–Kier alpha value is -1.36. The van der Waals surface area contributed by atoms with Gasteiger partial charge in [0.25, 0.3) is 0 Å². The average molecular weight is 223 g/mol. The van der Waals surface area contributed by atoms with Crippen LogP contribution in [0.5, 0.6) is 0 Å². The zero-order chi connectivity index (χ0) is 12.0. The molecule has 1 rings (SSSR count). The van der Waals surface area contributed by atoms with Crippen molar-refractivity contribution in [2.24, 2.45) is 0 Å². The summed E-state index contributed by atoms with van der Waals surface area (Å²) in [5.41, 5.74) is 0. The highest BCUT2D eigenvalue weighted by molar-refractivity contribution is 5.40. The molecule has 5 nitrogen and oxygen atoms in total. The number of rotatable bonds is 6. The molecule has 0 amide bonds. The first-order chi connectivity index (χ1) is 7.63. The molecule has 0 radical (unpaired) electrons. The molecular weight excluding hydrogens is 202 g/mol. The van der Waals surface area contributed by atoms with Crippen molar-refractivity contribution in [1.82, 2.24) is 14.9 Å². The lowest BCUT2D eigenvalue weighted by molar-refractivity contribution is 0.367. The van der Waals surface area contributed by atoms with Gasteiger partial charge in [0.1, 0.15) is 5.82 Å². The molecule has 0 spiro atoms. The minimum absolute atomic E-state index is 0.730. The molecule has 90 valence electrons. The highest BCUT2D eigenvalue weighted by Gasteiger charge is 2.00. The van der Waals surface area contributed by atoms with Crippen LogP contribution in [0.25, 0.3) is 0 Å². The Balaban J connectivity index is 2.45. The van der Waals surface area contributed by atoms with Crippen LogP contribution in [0.3, 0.4) is 0 Å². The second-order valence-corrected chi connectivity index (χ2v) is 3.96. The summed E-state index contributed by atoms with van der Waals surface area (Å²) in [4.78, 5) is 12.7. The van der Waals surface area contributed by atoms with E-state index < -0.39 is 0 Å². The third-order valence-electron chi connectivity index (χ3n) is 2.38. The average Bonchev–Trinajstić information content (AvgIpc) is 2.29. The van der Waals surface area contributed by atoms with Gasteiger partial charge in [-0.1, -0.05) is 6.92 Å². The van der Waals surface area contributed by atoms with E-state index in [9.17, 15) is 0 Å². The summed E-state index contributed by atoms with van der Waals surface area (Å²) in [5.74, 6) is 1.61. The molecule has 5 heteroatoms. The second-order valence-electron chi connectivity index (χ2n) is 3.96. The predicted octanol–water partition coefficient (Wildman–Crippen LogP) is 0.906. The molecule has 0 atom stereocenters. The van der Waals surface area contributed by atoms with E-state index in [0.29, 0.717) is 0 Å². The van der Waals surface area contributed by atoms with Crippen molar-refractivity contribution >= 4 is 11.8 Å². The first kappa shape index (κ1) is 12.7. The van der Waals surface area contributed by atoms with Gasteiger partial charge >= 0.3 is 0 Å². The van der Waals surface area contributed by atoms with Gasteiger partial charge in [-0.05, 0) is 19.7 Å². The molecule has 0 aliphatic carbocycles. The van der Waals surface area contributed by atoms with Crippen molar-refractivity contribution in [3.8, 4) is 0 Å². The fourth-order valence-electron chi connectivity index (χ4n) is 1.20. The van der Waals surface area contributed by atoms with Crippen LogP contribution in [0.1, 0.15) is 6.92 Å². The highest BCUT2D eigenvalue weighted by Crippen LogP contribution is 2.07. The molecule has 1 N–H and O–H groups in total. The molecular formula is C11H21N5. The molecule has 16 heavy (non-hydrogen) atoms. The standard InChI is InChI=1S/C11H21N5/c1-5-16(4)9-8-12-10-6-7-13-11(14-10)15(2)3/h6-7H,5,8-9H2,1-4H3,(H,12,13,14). The summed E-state index contributed by atoms with van der Waals surface area (Å²) >= 11 is 0. The molecule has 0 saturated heterocycles. The first-order valence-corrected chi connectivity index (χ1v) is 5.56. The quantitative estimate of drug-likeness (QED) is 0.776. The number of anilines is 2. The summed E-state index contributed by atoms with van der Waals surface area (Å²) in [5, 5.41) is 3.29. The van der Waals surface area contributed by atoms with E-state index >= 15 is 0 Å². The van der Waals surface area contributed by atoms with Crippen LogP contribution < -0.4 is 10.2 Å². The van der Waals surface area contributed by atoms with Gasteiger partial charge in [0.2, 0.25) is 5.95 Å². The number of likely N-dealkylation sites (N-methyl/N-ethyl adjacent to an activating group) is 1. The number of hydrogen-bond acceptors (Lipinski definition) is 5. The Morgan fingerprint density at radius 3 is 2.69 bits per heavy atom. The van der Waals surface area contributed by atoms with Crippen LogP contribution in [0.2, 0.25) is 0 Å². The number of aromatic nitrogens is 2. The van der Waals surface area contributed by atoms with Gasteiger partial charge in [0.15, 0.2) is 0 Å². The van der Waals surface area contributed by atoms with Crippen molar-refractivity contribution in [2.45, 2.75) is 6.92 Å². The zero-order valence-electron chi connectivity index (χ0n) is 10.6. The predicted molar refractivity (Wildman–Crippen MR) is 68.0 cm³/mol. The lowest BCUT2D eigenvalue weighted by atomic mass is 10.5. The monoisotopic (exact) mass is 223 g/mol. The minimum Gasteiger partial charge on any atom is -0.369 e. The van der Waals surface area contributed by atoms with Crippen LogP contribution in [-0.4, -0.2) is 55.6 Å². The van der Waals surface area contributed by atoms with E-state index in [1.807, 2.05) is 25.1 Å². The fraction of sp³-hybridized carbons (Fsp3) is 0.636. The van der Waals surface area contributed by atoms with Crippen molar-refractivity contribution in [1.29, 1.82) is 0 Å². The molecule has 0 bridgehead atoms. The lowest BCUT2D eigenvalue weighted by Crippen LogP contribution is -2.25. The summed E-state index contributed by atoms with van der Waals surface area (Å²) in [6, 6.07) is 1.89. The van der Waals surface area contributed by atoms with Gasteiger partial charge in [0, 0.05) is 33.4 Å². The van der Waals surface area contributed by atoms with Crippen LogP contribution >= 0.6 is 0 Å². The van der Waals surface area contributed by atoms with E-state index in [1.54, 1.807) is 6.20 Å². The Labute approximate surface area is 97.5 Å². The van der Waals surface area contributed by atoms with Crippen molar-refractivity contribution in [3.63, 3.8) is 0 Å². The molecule has 0 aliphatic rings. The first-order valence-electron chi connectivity index (χ1n) is 5.56. The molecule has 0 unspecified atom stereocenters. The van der Waals surface area contributed by atoms with Crippen molar-refractivity contribution < 1.29 is 0 Å². The Morgan fingerprint density at radius 1 is 1.31 bits per heavy atom. The van der Waals surface area contributed by atoms with Crippen molar-refractivity contribution in [2.75, 3.05) is 51.0 Å². The SMILES string of the molecule is CCN(C)CCNc1ccnc(N(C)C)n1. The Kier molecular flexibility index (Phi) is 4.98. The van der Waals surface area contributed by atoms with Gasteiger partial charge in [-0.3, -0.25) is 0 Å². The molecule has 0 fully saturated rings. The van der Waals surface area contributed by atoms with E-state index in [2.05, 4.69) is 34.2 Å². The summed E-state index contributed by atoms with van der Waals surface area (Å²) in [7, 11) is 5.97. The van der Waals surface area contributed by atoms with Gasteiger partial charge in [0.05, 0.1) is 0 Å². The topological polar surface area (TPSA) is 44.3 Å². The molecule has 1 heterocycles. The molecule has 1 aromatic heterocycles. The maximum Gasteiger partial charge on any atom is 0.226 e. The van der Waals surface area contributed by atoms with E-state index in [-0.39, 0.29) is 0 Å². The maximum atomic E-state index is 4.38. The molecule has 0 aromatic carbocycles. The van der Waals surface area contributed by atoms with Crippen LogP contribution in [0.4, 0.5) is 11.8 Å². The van der Waals surface area contributed by atoms with Gasteiger partial charge in [-0.15, -0.1) is 0 Å². The third-order valence-corrected chi connectivity index (χ3v) is 2.38. The third kappa shape index (κ3) is 4.02. The molecule has 0 aliphatic heterocycles. The smallest absolute Gasteiger partial charge is 0.226 e. The molecule has 1 aromatic rings. The Bertz CT molecular complexity index is 313. The molecule has 0 saturated carbocycles. The van der Waals surface area contributed by atoms with Crippen LogP contribution in [0, 0.1) is 0 Å². The highest BCUT2D eigenvalue weighted by atomic mass is 15.2. The summed E-state index contributed by atoms with van der Waals surface area (Å²) in [6.07, 6.45) is 1.77. The summed E-state index contributed by atoms with van der Waals surface area (Å²) in [6.45, 7) is 5.12. The zero-order valence-corrected chi connectivity index (χ0v) is 10.6. The number of nitrogens with zero attached hydrogens (tertiary/aromatic N) is 4. The normalized spacial score (nSPS) is 10.6. The van der Waals surface area contributed by atoms with Gasteiger partial charge in [-0.25, -0.2) is 4.98 Å². The largest absolute Gasteiger partial charge is 0.369 e. The summed E-state index contributed by atoms with van der Waals surface area (Å²) < 4.78 is 0. The minimum atomic E-state index is 0.730. The Morgan fingerprint density at radius 2 is 2.06 bits per heavy atom. The van der Waals surface area contributed by atoms with Gasteiger partial charge in [-0.2, -0.15) is 4.98 Å². The van der Waals surface area contributed by atoms with Gasteiger partial charge < -0.3 is 15.1 Å². The van der Waals surface area contributed by atoms with Crippen LogP contribution in [0.15, 0.2) is 12.3 Å². The number of nitrogens with one attached hydrogen (secondary N) is 1. The fourth-order valence-corrected chi connectivity index (χ4v) is 1.20. The van der Waals surface area contributed by atoms with E-state index in [4.69, 9.17) is 0 Å². The van der Waals surface area contributed by atoms with Crippen LogP contribution in [-0.2, 0) is 0 Å². The van der Waals surface area contributed by atoms with E-state index in [1.165, 1.54) is 0 Å². The van der Waals surface area contributed by atoms with Crippen molar-refractivity contribution in [3.05, 3.63) is 12.3 Å². The second kappa shape index (κ2) is 6.27. The van der Waals surface area contributed by atoms with E-state index in [0.717, 1.165) is 31.4 Å². The lowest BCUT2D eigenvalue weighted by Gasteiger charge is -2.15. The number of hydrogen-bond donors (Lipinski definition) is 1.